The molecule has 0 saturated heterocycles. The standard InChI is InChI=1S/C22H16BrNO4S/c23-16-11-13-17(14-12-16)24-19(15-7-3-1-4-8-15)21(20(25)22(24)26)29(27,28)18-9-5-2-6-10-18/h1-14,19,25H/t19-/m0/s1. The number of nitrogens with zero attached hydrogens (tertiary/aromatic N) is 1. The Bertz CT molecular complexity index is 1190. The summed E-state index contributed by atoms with van der Waals surface area (Å²) in [5.41, 5.74) is 1.07. The largest absolute Gasteiger partial charge is 0.502 e. The van der Waals surface area contributed by atoms with E-state index in [9.17, 15) is 18.3 Å². The molecule has 0 unspecified atom stereocenters. The van der Waals surface area contributed by atoms with Crippen LogP contribution in [-0.4, -0.2) is 19.4 Å². The van der Waals surface area contributed by atoms with Crippen LogP contribution < -0.4 is 4.90 Å². The summed E-state index contributed by atoms with van der Waals surface area (Å²) in [7, 11) is -4.11. The van der Waals surface area contributed by atoms with Gasteiger partial charge in [-0.05, 0) is 42.0 Å². The van der Waals surface area contributed by atoms with E-state index in [1.54, 1.807) is 72.8 Å². The van der Waals surface area contributed by atoms with Gasteiger partial charge in [-0.15, -0.1) is 0 Å². The van der Waals surface area contributed by atoms with Crippen LogP contribution in [0.25, 0.3) is 0 Å². The topological polar surface area (TPSA) is 74.7 Å². The van der Waals surface area contributed by atoms with Crippen molar-refractivity contribution in [3.8, 4) is 0 Å². The van der Waals surface area contributed by atoms with E-state index in [2.05, 4.69) is 15.9 Å². The summed E-state index contributed by atoms with van der Waals surface area (Å²) in [5.74, 6) is -1.51. The molecule has 1 aliphatic heterocycles. The lowest BCUT2D eigenvalue weighted by atomic mass is 10.1. The van der Waals surface area contributed by atoms with E-state index < -0.39 is 27.5 Å². The molecule has 146 valence electrons. The Kier molecular flexibility index (Phi) is 5.02. The Morgan fingerprint density at radius 1 is 0.828 bits per heavy atom. The molecular formula is C22H16BrNO4S. The van der Waals surface area contributed by atoms with Gasteiger partial charge in [-0.1, -0.05) is 64.5 Å². The molecule has 1 aliphatic rings. The Hall–Kier alpha value is -2.90. The first-order valence-electron chi connectivity index (χ1n) is 8.78. The van der Waals surface area contributed by atoms with Crippen molar-refractivity contribution in [2.45, 2.75) is 10.9 Å². The van der Waals surface area contributed by atoms with Crippen LogP contribution in [0.5, 0.6) is 0 Å². The fraction of sp³-hybridized carbons (Fsp3) is 0.0455. The number of halogens is 1. The zero-order valence-corrected chi connectivity index (χ0v) is 17.5. The first-order chi connectivity index (χ1) is 13.9. The monoisotopic (exact) mass is 469 g/mol. The first kappa shape index (κ1) is 19.4. The summed E-state index contributed by atoms with van der Waals surface area (Å²) in [6.45, 7) is 0. The molecule has 5 nitrogen and oxygen atoms in total. The highest BCUT2D eigenvalue weighted by Gasteiger charge is 2.47. The molecule has 0 bridgehead atoms. The van der Waals surface area contributed by atoms with E-state index in [0.717, 1.165) is 4.47 Å². The fourth-order valence-corrected chi connectivity index (χ4v) is 5.30. The quantitative estimate of drug-likeness (QED) is 0.596. The number of hydrogen-bond acceptors (Lipinski definition) is 4. The maximum Gasteiger partial charge on any atom is 0.295 e. The number of anilines is 1. The van der Waals surface area contributed by atoms with Gasteiger partial charge in [-0.2, -0.15) is 0 Å². The van der Waals surface area contributed by atoms with Crippen molar-refractivity contribution in [2.75, 3.05) is 4.90 Å². The van der Waals surface area contributed by atoms with Gasteiger partial charge in [0.1, 0.15) is 10.9 Å². The van der Waals surface area contributed by atoms with E-state index in [1.165, 1.54) is 17.0 Å². The van der Waals surface area contributed by atoms with Gasteiger partial charge in [0, 0.05) is 10.2 Å². The molecule has 0 spiro atoms. The molecule has 0 aliphatic carbocycles. The molecule has 3 aromatic rings. The number of amides is 1. The second kappa shape index (κ2) is 7.50. The lowest BCUT2D eigenvalue weighted by Crippen LogP contribution is -2.31. The molecule has 1 heterocycles. The van der Waals surface area contributed by atoms with Crippen LogP contribution in [0.2, 0.25) is 0 Å². The molecule has 3 aromatic carbocycles. The van der Waals surface area contributed by atoms with Crippen LogP contribution >= 0.6 is 15.9 Å². The third-order valence-corrected chi connectivity index (χ3v) is 7.14. The SMILES string of the molecule is O=C1C(O)=C(S(=O)(=O)c2ccccc2)[C@H](c2ccccc2)N1c1ccc(Br)cc1. The number of carbonyl (C=O) groups is 1. The molecule has 0 fully saturated rings. The molecule has 1 atom stereocenters. The maximum atomic E-state index is 13.4. The minimum Gasteiger partial charge on any atom is -0.502 e. The Morgan fingerprint density at radius 3 is 1.97 bits per heavy atom. The number of benzene rings is 3. The molecular weight excluding hydrogens is 454 g/mol. The molecule has 4 rings (SSSR count). The Morgan fingerprint density at radius 2 is 1.38 bits per heavy atom. The molecule has 29 heavy (non-hydrogen) atoms. The van der Waals surface area contributed by atoms with Crippen molar-refractivity contribution in [3.63, 3.8) is 0 Å². The first-order valence-corrected chi connectivity index (χ1v) is 11.1. The van der Waals surface area contributed by atoms with Crippen LogP contribution in [0.3, 0.4) is 0 Å². The number of aliphatic hydroxyl groups excluding tert-OH is 1. The average molecular weight is 470 g/mol. The summed E-state index contributed by atoms with van der Waals surface area (Å²) in [4.78, 5) is 14.0. The van der Waals surface area contributed by atoms with Crippen molar-refractivity contribution in [1.29, 1.82) is 0 Å². The summed E-state index contributed by atoms with van der Waals surface area (Å²) in [6, 6.07) is 22.6. The van der Waals surface area contributed by atoms with Gasteiger partial charge in [0.2, 0.25) is 9.84 Å². The van der Waals surface area contributed by atoms with Gasteiger partial charge in [0.25, 0.3) is 5.91 Å². The van der Waals surface area contributed by atoms with Gasteiger partial charge >= 0.3 is 0 Å². The summed E-state index contributed by atoms with van der Waals surface area (Å²) in [5, 5.41) is 10.7. The van der Waals surface area contributed by atoms with Gasteiger partial charge in [-0.25, -0.2) is 8.42 Å². The summed E-state index contributed by atoms with van der Waals surface area (Å²) < 4.78 is 27.6. The van der Waals surface area contributed by atoms with Crippen molar-refractivity contribution in [2.24, 2.45) is 0 Å². The minimum atomic E-state index is -4.11. The molecule has 7 heteroatoms. The van der Waals surface area contributed by atoms with Crippen molar-refractivity contribution in [1.82, 2.24) is 0 Å². The van der Waals surface area contributed by atoms with E-state index in [1.807, 2.05) is 0 Å². The van der Waals surface area contributed by atoms with Crippen LogP contribution in [0.4, 0.5) is 5.69 Å². The van der Waals surface area contributed by atoms with Crippen molar-refractivity contribution < 1.29 is 18.3 Å². The number of sulfone groups is 1. The van der Waals surface area contributed by atoms with Crippen molar-refractivity contribution >= 4 is 37.4 Å². The number of rotatable bonds is 4. The van der Waals surface area contributed by atoms with Gasteiger partial charge in [0.05, 0.1) is 4.90 Å². The summed E-state index contributed by atoms with van der Waals surface area (Å²) in [6.07, 6.45) is 0. The van der Waals surface area contributed by atoms with Gasteiger partial charge in [-0.3, -0.25) is 9.69 Å². The lowest BCUT2D eigenvalue weighted by molar-refractivity contribution is -0.117. The smallest absolute Gasteiger partial charge is 0.295 e. The molecule has 1 amide bonds. The number of aliphatic hydroxyl groups is 1. The highest BCUT2D eigenvalue weighted by molar-refractivity contribution is 9.10. The Labute approximate surface area is 177 Å². The summed E-state index contributed by atoms with van der Waals surface area (Å²) >= 11 is 3.36. The predicted octanol–water partition coefficient (Wildman–Crippen LogP) is 4.78. The van der Waals surface area contributed by atoms with Crippen LogP contribution in [0, 0.1) is 0 Å². The second-order valence-electron chi connectivity index (χ2n) is 6.49. The van der Waals surface area contributed by atoms with E-state index >= 15 is 0 Å². The lowest BCUT2D eigenvalue weighted by Gasteiger charge is -2.27. The average Bonchev–Trinajstić information content (AvgIpc) is 3.01. The highest BCUT2D eigenvalue weighted by atomic mass is 79.9. The van der Waals surface area contributed by atoms with E-state index in [-0.39, 0.29) is 9.80 Å². The fourth-order valence-electron chi connectivity index (χ4n) is 3.39. The third-order valence-electron chi connectivity index (χ3n) is 4.72. The molecule has 0 saturated carbocycles. The highest BCUT2D eigenvalue weighted by Crippen LogP contribution is 2.44. The van der Waals surface area contributed by atoms with Crippen LogP contribution in [0.15, 0.2) is 105 Å². The van der Waals surface area contributed by atoms with Gasteiger partial charge in [0.15, 0.2) is 5.76 Å². The van der Waals surface area contributed by atoms with E-state index in [0.29, 0.717) is 11.3 Å². The second-order valence-corrected chi connectivity index (χ2v) is 9.33. The molecule has 1 N–H and O–H groups in total. The minimum absolute atomic E-state index is 0.0212. The Balaban J connectivity index is 1.94. The zero-order valence-electron chi connectivity index (χ0n) is 15.1. The normalized spacial score (nSPS) is 17.1. The predicted molar refractivity (Wildman–Crippen MR) is 114 cm³/mol. The van der Waals surface area contributed by atoms with Crippen LogP contribution in [0.1, 0.15) is 11.6 Å². The molecule has 0 radical (unpaired) electrons. The molecule has 0 aromatic heterocycles. The third kappa shape index (κ3) is 3.36. The zero-order chi connectivity index (χ0) is 20.6. The van der Waals surface area contributed by atoms with Gasteiger partial charge < -0.3 is 5.11 Å². The van der Waals surface area contributed by atoms with Crippen LogP contribution in [-0.2, 0) is 14.6 Å². The maximum absolute atomic E-state index is 13.4. The van der Waals surface area contributed by atoms with Crippen molar-refractivity contribution in [3.05, 3.63) is 106 Å². The number of carbonyl (C=O) groups excluding carboxylic acids is 1. The number of hydrogen-bond donors (Lipinski definition) is 1. The van der Waals surface area contributed by atoms with E-state index in [4.69, 9.17) is 0 Å².